The largest absolute Gasteiger partial charge is 0.391 e. The van der Waals surface area contributed by atoms with E-state index in [4.69, 9.17) is 0 Å². The van der Waals surface area contributed by atoms with E-state index in [0.717, 1.165) is 31.8 Å². The van der Waals surface area contributed by atoms with Gasteiger partial charge in [-0.3, -0.25) is 4.68 Å². The predicted molar refractivity (Wildman–Crippen MR) is 82.1 cm³/mol. The van der Waals surface area contributed by atoms with Crippen molar-refractivity contribution in [3.63, 3.8) is 0 Å². The third-order valence-corrected chi connectivity index (χ3v) is 4.84. The number of aliphatic hydroxyl groups excluding tert-OH is 1. The van der Waals surface area contributed by atoms with Crippen LogP contribution < -0.4 is 5.32 Å². The van der Waals surface area contributed by atoms with Gasteiger partial charge in [0.05, 0.1) is 12.6 Å². The number of nitrogens with zero attached hydrogens (tertiary/aromatic N) is 4. The van der Waals surface area contributed by atoms with E-state index in [1.807, 2.05) is 23.1 Å². The van der Waals surface area contributed by atoms with Gasteiger partial charge in [0.1, 0.15) is 5.82 Å². The van der Waals surface area contributed by atoms with Crippen LogP contribution in [0.4, 0.5) is 0 Å². The van der Waals surface area contributed by atoms with Crippen molar-refractivity contribution in [2.45, 2.75) is 57.0 Å². The summed E-state index contributed by atoms with van der Waals surface area (Å²) in [4.78, 5) is 4.45. The molecule has 3 atom stereocenters. The lowest BCUT2D eigenvalue weighted by Gasteiger charge is -2.16. The van der Waals surface area contributed by atoms with Crippen molar-refractivity contribution < 1.29 is 5.11 Å². The highest BCUT2D eigenvalue weighted by Gasteiger charge is 2.33. The minimum absolute atomic E-state index is 0.157. The zero-order valence-corrected chi connectivity index (χ0v) is 12.7. The van der Waals surface area contributed by atoms with Gasteiger partial charge in [-0.25, -0.2) is 4.98 Å². The molecule has 2 aliphatic rings. The van der Waals surface area contributed by atoms with Gasteiger partial charge in [-0.15, -0.1) is 0 Å². The first kappa shape index (κ1) is 14.0. The first-order chi connectivity index (χ1) is 10.8. The molecule has 0 aromatic carbocycles. The van der Waals surface area contributed by atoms with Crippen LogP contribution in [0, 0.1) is 5.92 Å². The number of rotatable bonds is 6. The van der Waals surface area contributed by atoms with Gasteiger partial charge < -0.3 is 15.0 Å². The van der Waals surface area contributed by atoms with Gasteiger partial charge in [0.15, 0.2) is 0 Å². The van der Waals surface area contributed by atoms with Crippen molar-refractivity contribution in [3.05, 3.63) is 36.7 Å². The lowest BCUT2D eigenvalue weighted by Crippen LogP contribution is -2.35. The van der Waals surface area contributed by atoms with Crippen LogP contribution in [-0.4, -0.2) is 36.6 Å². The summed E-state index contributed by atoms with van der Waals surface area (Å²) in [5, 5.41) is 18.0. The second-order valence-electron chi connectivity index (χ2n) is 6.60. The molecular formula is C16H23N5O. The average Bonchev–Trinajstić information content (AvgIpc) is 2.90. The van der Waals surface area contributed by atoms with Gasteiger partial charge >= 0.3 is 0 Å². The highest BCUT2D eigenvalue weighted by Crippen LogP contribution is 2.35. The quantitative estimate of drug-likeness (QED) is 0.845. The molecule has 6 nitrogen and oxygen atoms in total. The molecule has 0 saturated heterocycles. The smallest absolute Gasteiger partial charge is 0.122 e. The normalized spacial score (nSPS) is 28.3. The van der Waals surface area contributed by atoms with Gasteiger partial charge in [-0.05, 0) is 37.7 Å². The fourth-order valence-corrected chi connectivity index (χ4v) is 3.55. The second-order valence-corrected chi connectivity index (χ2v) is 6.60. The van der Waals surface area contributed by atoms with Crippen LogP contribution in [0.3, 0.4) is 0 Å². The molecule has 2 aliphatic carbocycles. The zero-order valence-electron chi connectivity index (χ0n) is 12.7. The number of imidazole rings is 1. The van der Waals surface area contributed by atoms with Crippen LogP contribution in [0.5, 0.6) is 0 Å². The molecular weight excluding hydrogens is 278 g/mol. The second kappa shape index (κ2) is 5.85. The first-order valence-corrected chi connectivity index (χ1v) is 8.20. The maximum atomic E-state index is 10.3. The van der Waals surface area contributed by atoms with Crippen LogP contribution in [0.1, 0.15) is 37.5 Å². The summed E-state index contributed by atoms with van der Waals surface area (Å²) in [6, 6.07) is 2.75. The van der Waals surface area contributed by atoms with E-state index < -0.39 is 0 Å². The molecule has 1 unspecified atom stereocenters. The third kappa shape index (κ3) is 2.94. The molecule has 0 aliphatic heterocycles. The lowest BCUT2D eigenvalue weighted by molar-refractivity contribution is 0.145. The Kier molecular flexibility index (Phi) is 3.72. The Morgan fingerprint density at radius 1 is 1.23 bits per heavy atom. The van der Waals surface area contributed by atoms with E-state index in [2.05, 4.69) is 26.2 Å². The number of hydrogen-bond acceptors (Lipinski definition) is 4. The average molecular weight is 301 g/mol. The minimum atomic E-state index is -0.273. The molecule has 0 bridgehead atoms. The van der Waals surface area contributed by atoms with Crippen LogP contribution >= 0.6 is 0 Å². The Hall–Kier alpha value is -1.66. The molecule has 0 amide bonds. The SMILES string of the molecule is O[C@@H]1CC(Cn2cccn2)C[C@H]1NCc1nccn1C1CC1. The Morgan fingerprint density at radius 3 is 2.91 bits per heavy atom. The molecule has 0 radical (unpaired) electrons. The standard InChI is InChI=1S/C16H23N5O/c22-15-9-12(11-20-6-1-4-19-20)8-14(15)18-10-16-17-5-7-21(16)13-2-3-13/h1,4-7,12-15,18,22H,2-3,8-11H2/t12?,14-,15-/m1/s1. The van der Waals surface area contributed by atoms with Crippen LogP contribution in [-0.2, 0) is 13.1 Å². The molecule has 6 heteroatoms. The third-order valence-electron chi connectivity index (χ3n) is 4.84. The summed E-state index contributed by atoms with van der Waals surface area (Å²) in [6.45, 7) is 1.62. The molecule has 2 aromatic heterocycles. The van der Waals surface area contributed by atoms with Crippen LogP contribution in [0.15, 0.2) is 30.9 Å². The molecule has 2 aromatic rings. The summed E-state index contributed by atoms with van der Waals surface area (Å²) in [7, 11) is 0. The van der Waals surface area contributed by atoms with Crippen molar-refractivity contribution in [3.8, 4) is 0 Å². The monoisotopic (exact) mass is 301 g/mol. The highest BCUT2D eigenvalue weighted by molar-refractivity contribution is 5.00. The molecule has 22 heavy (non-hydrogen) atoms. The summed E-state index contributed by atoms with van der Waals surface area (Å²) in [5.41, 5.74) is 0. The Morgan fingerprint density at radius 2 is 2.14 bits per heavy atom. The zero-order chi connectivity index (χ0) is 14.9. The van der Waals surface area contributed by atoms with E-state index in [1.165, 1.54) is 12.8 Å². The summed E-state index contributed by atoms with van der Waals surface area (Å²) in [5.74, 6) is 1.57. The van der Waals surface area contributed by atoms with E-state index >= 15 is 0 Å². The Balaban J connectivity index is 1.32. The molecule has 2 saturated carbocycles. The maximum Gasteiger partial charge on any atom is 0.122 e. The topological polar surface area (TPSA) is 67.9 Å². The molecule has 2 heterocycles. The van der Waals surface area contributed by atoms with E-state index in [9.17, 15) is 5.11 Å². The summed E-state index contributed by atoms with van der Waals surface area (Å²) in [6.07, 6.45) is 11.8. The van der Waals surface area contributed by atoms with E-state index in [0.29, 0.717) is 12.0 Å². The number of nitrogens with one attached hydrogen (secondary N) is 1. The first-order valence-electron chi connectivity index (χ1n) is 8.20. The number of hydrogen-bond donors (Lipinski definition) is 2. The molecule has 118 valence electrons. The summed E-state index contributed by atoms with van der Waals surface area (Å²) >= 11 is 0. The van der Waals surface area contributed by atoms with Gasteiger partial charge in [-0.1, -0.05) is 0 Å². The Bertz CT molecular complexity index is 604. The fraction of sp³-hybridized carbons (Fsp3) is 0.625. The van der Waals surface area contributed by atoms with E-state index in [1.54, 1.807) is 6.20 Å². The van der Waals surface area contributed by atoms with Crippen molar-refractivity contribution in [2.75, 3.05) is 0 Å². The number of aliphatic hydroxyl groups is 1. The van der Waals surface area contributed by atoms with Gasteiger partial charge in [0, 0.05) is 43.4 Å². The van der Waals surface area contributed by atoms with Crippen LogP contribution in [0.25, 0.3) is 0 Å². The van der Waals surface area contributed by atoms with Gasteiger partial charge in [0.25, 0.3) is 0 Å². The van der Waals surface area contributed by atoms with Gasteiger partial charge in [0.2, 0.25) is 0 Å². The van der Waals surface area contributed by atoms with E-state index in [-0.39, 0.29) is 12.1 Å². The van der Waals surface area contributed by atoms with Crippen molar-refractivity contribution in [1.29, 1.82) is 0 Å². The maximum absolute atomic E-state index is 10.3. The summed E-state index contributed by atoms with van der Waals surface area (Å²) < 4.78 is 4.23. The molecule has 2 fully saturated rings. The van der Waals surface area contributed by atoms with Crippen molar-refractivity contribution in [2.24, 2.45) is 5.92 Å². The van der Waals surface area contributed by atoms with Crippen molar-refractivity contribution >= 4 is 0 Å². The Labute approximate surface area is 130 Å². The predicted octanol–water partition coefficient (Wildman–Crippen LogP) is 1.34. The van der Waals surface area contributed by atoms with Crippen LogP contribution in [0.2, 0.25) is 0 Å². The van der Waals surface area contributed by atoms with Crippen molar-refractivity contribution in [1.82, 2.24) is 24.6 Å². The fourth-order valence-electron chi connectivity index (χ4n) is 3.55. The highest BCUT2D eigenvalue weighted by atomic mass is 16.3. The number of aromatic nitrogens is 4. The molecule has 0 spiro atoms. The van der Waals surface area contributed by atoms with Gasteiger partial charge in [-0.2, -0.15) is 5.10 Å². The lowest BCUT2D eigenvalue weighted by atomic mass is 10.1. The minimum Gasteiger partial charge on any atom is -0.391 e. The molecule has 4 rings (SSSR count). The molecule has 2 N–H and O–H groups in total.